The number of carbonyl (C=O) groups is 4. The second-order valence-electron chi connectivity index (χ2n) is 15.2. The van der Waals surface area contributed by atoms with Crippen LogP contribution in [-0.4, -0.2) is 70.2 Å². The molecule has 0 aliphatic carbocycles. The Morgan fingerprint density at radius 3 is 2.11 bits per heavy atom. The van der Waals surface area contributed by atoms with E-state index in [0.717, 1.165) is 29.3 Å². The van der Waals surface area contributed by atoms with Crippen LogP contribution in [0.5, 0.6) is 0 Å². The third-order valence-electron chi connectivity index (χ3n) is 9.30. The number of hydrogen-bond donors (Lipinski definition) is 4. The zero-order valence-corrected chi connectivity index (χ0v) is 32.9. The molecule has 0 unspecified atom stereocenters. The Balaban J connectivity index is 1.45. The number of benzene rings is 3. The van der Waals surface area contributed by atoms with Gasteiger partial charge in [-0.25, -0.2) is 13.6 Å². The minimum absolute atomic E-state index is 0.0338. The molecule has 0 saturated heterocycles. The van der Waals surface area contributed by atoms with Crippen LogP contribution in [0.4, 0.5) is 13.6 Å². The molecule has 4 rings (SSSR count). The van der Waals surface area contributed by atoms with Gasteiger partial charge in [0.2, 0.25) is 17.7 Å². The number of halogens is 2. The molecule has 11 nitrogen and oxygen atoms in total. The number of alkyl carbamates (subject to hydrolysis) is 1. The van der Waals surface area contributed by atoms with Crippen molar-refractivity contribution in [3.8, 4) is 11.1 Å². The van der Waals surface area contributed by atoms with Gasteiger partial charge in [0, 0.05) is 42.7 Å². The van der Waals surface area contributed by atoms with Crippen LogP contribution in [0, 0.1) is 23.0 Å². The van der Waals surface area contributed by atoms with Gasteiger partial charge in [-0.2, -0.15) is 0 Å². The van der Waals surface area contributed by atoms with Crippen molar-refractivity contribution in [2.75, 3.05) is 19.7 Å². The van der Waals surface area contributed by atoms with E-state index < -0.39 is 65.6 Å². The molecular weight excluding hydrogens is 720 g/mol. The van der Waals surface area contributed by atoms with E-state index in [9.17, 15) is 28.7 Å². The predicted octanol–water partition coefficient (Wildman–Crippen LogP) is 6.35. The summed E-state index contributed by atoms with van der Waals surface area (Å²) < 4.78 is 36.6. The second kappa shape index (κ2) is 19.9. The van der Waals surface area contributed by atoms with Crippen LogP contribution in [0.1, 0.15) is 70.8 Å². The van der Waals surface area contributed by atoms with E-state index in [4.69, 9.17) is 4.74 Å². The molecule has 4 amide bonds. The lowest BCUT2D eigenvalue weighted by atomic mass is 9.83. The van der Waals surface area contributed by atoms with Crippen LogP contribution in [0.2, 0.25) is 0 Å². The van der Waals surface area contributed by atoms with Gasteiger partial charge >= 0.3 is 6.09 Å². The quantitative estimate of drug-likeness (QED) is 0.0922. The lowest BCUT2D eigenvalue weighted by molar-refractivity contribution is -0.139. The zero-order chi connectivity index (χ0) is 41.0. The molecule has 0 saturated carbocycles. The fourth-order valence-corrected chi connectivity index (χ4v) is 6.51. The lowest BCUT2D eigenvalue weighted by Gasteiger charge is -2.41. The number of carbonyl (C=O) groups excluding carboxylic acids is 4. The normalized spacial score (nSPS) is 13.0. The summed E-state index contributed by atoms with van der Waals surface area (Å²) in [6.45, 7) is 10.8. The van der Waals surface area contributed by atoms with E-state index in [2.05, 4.69) is 16.0 Å². The maximum Gasteiger partial charge on any atom is 0.408 e. The van der Waals surface area contributed by atoms with Gasteiger partial charge in [-0.05, 0) is 60.1 Å². The number of hydrogen-bond acceptors (Lipinski definition) is 6. The monoisotopic (exact) mass is 773 g/mol. The van der Waals surface area contributed by atoms with Gasteiger partial charge in [0.15, 0.2) is 0 Å². The lowest BCUT2D eigenvalue weighted by Crippen LogP contribution is -2.54. The van der Waals surface area contributed by atoms with Crippen LogP contribution in [-0.2, 0) is 32.3 Å². The van der Waals surface area contributed by atoms with Crippen molar-refractivity contribution in [3.63, 3.8) is 0 Å². The van der Waals surface area contributed by atoms with Gasteiger partial charge in [-0.15, -0.1) is 0 Å². The molecule has 0 bridgehead atoms. The average Bonchev–Trinajstić information content (AvgIpc) is 3.56. The highest BCUT2D eigenvalue weighted by Crippen LogP contribution is 2.41. The van der Waals surface area contributed by atoms with Crippen molar-refractivity contribution in [2.45, 2.75) is 79.2 Å². The third-order valence-corrected chi connectivity index (χ3v) is 9.30. The SMILES string of the molecule is CC(C)[C@H](NC(=O)OCc1ccccc1)C(=O)N[C@@H](C)C(=O)NCCCN(C(=O)CO)[C@@H](c1cc(-c2cc(F)ccc2F)cn1Cc1ccccc1)C(C)(C)C. The molecule has 300 valence electrons. The van der Waals surface area contributed by atoms with E-state index >= 15 is 4.39 Å². The maximum atomic E-state index is 15.1. The predicted molar refractivity (Wildman–Crippen MR) is 210 cm³/mol. The smallest absolute Gasteiger partial charge is 0.408 e. The number of aliphatic hydroxyl groups excluding tert-OH is 1. The molecule has 1 heterocycles. The molecule has 0 fully saturated rings. The van der Waals surface area contributed by atoms with E-state index in [0.29, 0.717) is 24.2 Å². The molecular formula is C43H53F2N5O6. The first-order chi connectivity index (χ1) is 26.6. The van der Waals surface area contributed by atoms with Crippen molar-refractivity contribution >= 4 is 23.8 Å². The second-order valence-corrected chi connectivity index (χ2v) is 15.2. The van der Waals surface area contributed by atoms with Crippen LogP contribution in [0.15, 0.2) is 91.1 Å². The van der Waals surface area contributed by atoms with Gasteiger partial charge in [0.05, 0.1) is 6.04 Å². The van der Waals surface area contributed by atoms with Gasteiger partial charge in [-0.1, -0.05) is 95.3 Å². The van der Waals surface area contributed by atoms with Crippen molar-refractivity contribution in [2.24, 2.45) is 11.3 Å². The minimum Gasteiger partial charge on any atom is -0.445 e. The topological polar surface area (TPSA) is 142 Å². The van der Waals surface area contributed by atoms with Gasteiger partial charge in [-0.3, -0.25) is 14.4 Å². The standard InChI is InChI=1S/C43H53F2N5O6/c1-28(2)38(48-42(55)56-27-31-16-11-8-12-17-31)41(54)47-29(3)40(53)46-20-13-21-50(37(52)26-51)39(43(4,5)6)36-22-32(34-23-33(44)18-19-35(34)45)25-49(36)24-30-14-9-7-10-15-30/h7-12,14-19,22-23,25,28-29,38-39,51H,13,20-21,24,26-27H2,1-6H3,(H,46,53)(H,47,54)(H,48,55)/t29-,38-,39-/m0/s1. The Morgan fingerprint density at radius 1 is 0.857 bits per heavy atom. The van der Waals surface area contributed by atoms with Crippen molar-refractivity contribution in [1.29, 1.82) is 0 Å². The molecule has 0 aliphatic rings. The van der Waals surface area contributed by atoms with Crippen molar-refractivity contribution < 1.29 is 37.8 Å². The first-order valence-corrected chi connectivity index (χ1v) is 18.7. The summed E-state index contributed by atoms with van der Waals surface area (Å²) in [5.41, 5.74) is 2.30. The molecule has 0 spiro atoms. The molecule has 56 heavy (non-hydrogen) atoms. The molecule has 3 aromatic carbocycles. The first-order valence-electron chi connectivity index (χ1n) is 18.7. The molecule has 13 heteroatoms. The van der Waals surface area contributed by atoms with Crippen LogP contribution in [0.25, 0.3) is 11.1 Å². The number of ether oxygens (including phenoxy) is 1. The highest BCUT2D eigenvalue weighted by atomic mass is 19.1. The van der Waals surface area contributed by atoms with Gasteiger partial charge in [0.25, 0.3) is 0 Å². The number of nitrogens with zero attached hydrogens (tertiary/aromatic N) is 2. The van der Waals surface area contributed by atoms with Crippen LogP contribution in [0.3, 0.4) is 0 Å². The average molecular weight is 774 g/mol. The van der Waals surface area contributed by atoms with Crippen LogP contribution >= 0.6 is 0 Å². The number of rotatable bonds is 17. The Bertz CT molecular complexity index is 1930. The van der Waals surface area contributed by atoms with Crippen LogP contribution < -0.4 is 16.0 Å². The summed E-state index contributed by atoms with van der Waals surface area (Å²) >= 11 is 0. The largest absolute Gasteiger partial charge is 0.445 e. The van der Waals surface area contributed by atoms with E-state index in [1.165, 1.54) is 6.92 Å². The summed E-state index contributed by atoms with van der Waals surface area (Å²) in [6.07, 6.45) is 1.27. The fourth-order valence-electron chi connectivity index (χ4n) is 6.51. The molecule has 0 radical (unpaired) electrons. The Hall–Kier alpha value is -5.56. The van der Waals surface area contributed by atoms with E-state index in [1.54, 1.807) is 31.0 Å². The molecule has 4 aromatic rings. The molecule has 3 atom stereocenters. The zero-order valence-electron chi connectivity index (χ0n) is 32.9. The Kier molecular flexibility index (Phi) is 15.3. The molecule has 1 aromatic heterocycles. The molecule has 0 aliphatic heterocycles. The third kappa shape index (κ3) is 12.0. The minimum atomic E-state index is -0.959. The highest BCUT2D eigenvalue weighted by Gasteiger charge is 2.37. The summed E-state index contributed by atoms with van der Waals surface area (Å²) in [7, 11) is 0. The van der Waals surface area contributed by atoms with Gasteiger partial charge in [0.1, 0.15) is 36.9 Å². The Labute approximate surface area is 327 Å². The summed E-state index contributed by atoms with van der Waals surface area (Å²) in [6, 6.07) is 21.2. The summed E-state index contributed by atoms with van der Waals surface area (Å²) in [5.74, 6) is -3.06. The first kappa shape index (κ1) is 43.2. The molecule has 4 N–H and O–H groups in total. The summed E-state index contributed by atoms with van der Waals surface area (Å²) in [4.78, 5) is 53.7. The number of nitrogens with one attached hydrogen (secondary N) is 3. The maximum absolute atomic E-state index is 15.1. The Morgan fingerprint density at radius 2 is 1.50 bits per heavy atom. The number of amides is 4. The summed E-state index contributed by atoms with van der Waals surface area (Å²) in [5, 5.41) is 18.1. The van der Waals surface area contributed by atoms with E-state index in [-0.39, 0.29) is 31.2 Å². The van der Waals surface area contributed by atoms with Crippen molar-refractivity contribution in [1.82, 2.24) is 25.4 Å². The van der Waals surface area contributed by atoms with Crippen molar-refractivity contribution in [3.05, 3.63) is 120 Å². The fraction of sp³-hybridized carbons (Fsp3) is 0.395. The number of aliphatic hydroxyl groups is 1. The van der Waals surface area contributed by atoms with Gasteiger partial charge < -0.3 is 35.3 Å². The highest BCUT2D eigenvalue weighted by molar-refractivity contribution is 5.91. The number of aromatic nitrogens is 1. The van der Waals surface area contributed by atoms with E-state index in [1.807, 2.05) is 86.0 Å².